The van der Waals surface area contributed by atoms with Crippen LogP contribution in [-0.4, -0.2) is 14.0 Å². The average Bonchev–Trinajstić information content (AvgIpc) is 2.90. The summed E-state index contributed by atoms with van der Waals surface area (Å²) >= 11 is 0. The van der Waals surface area contributed by atoms with Crippen molar-refractivity contribution in [1.82, 2.24) is 0 Å². The van der Waals surface area contributed by atoms with Crippen LogP contribution in [0.25, 0.3) is 0 Å². The largest absolute Gasteiger partial charge is 0.424 e. The lowest BCUT2D eigenvalue weighted by Gasteiger charge is -2.40. The van der Waals surface area contributed by atoms with Crippen molar-refractivity contribution in [3.8, 4) is 0 Å². The Balaban J connectivity index is 2.30. The van der Waals surface area contributed by atoms with Gasteiger partial charge in [-0.05, 0) is 35.0 Å². The Morgan fingerprint density at radius 1 is 0.920 bits per heavy atom. The fourth-order valence-corrected chi connectivity index (χ4v) is 10.1. The van der Waals surface area contributed by atoms with E-state index < -0.39 is 8.07 Å². The summed E-state index contributed by atoms with van der Waals surface area (Å²) in [7, 11) is -1.75. The van der Waals surface area contributed by atoms with E-state index in [9.17, 15) is 4.79 Å². The SMILES string of the molecule is CC(C)[Si](/C=C1\OC(=O)C=C1CCc1ccccc1)(C(C)C)C(C)C. The predicted octanol–water partition coefficient (Wildman–Crippen LogP) is 6.20. The number of cyclic esters (lactones) is 1. The van der Waals surface area contributed by atoms with Gasteiger partial charge in [0, 0.05) is 11.6 Å². The summed E-state index contributed by atoms with van der Waals surface area (Å²) in [5.74, 6) is 0.622. The minimum absolute atomic E-state index is 0.214. The van der Waals surface area contributed by atoms with Gasteiger partial charge in [0.2, 0.25) is 0 Å². The lowest BCUT2D eigenvalue weighted by molar-refractivity contribution is -0.132. The van der Waals surface area contributed by atoms with Gasteiger partial charge < -0.3 is 4.74 Å². The summed E-state index contributed by atoms with van der Waals surface area (Å²) in [6.07, 6.45) is 3.47. The molecule has 3 heteroatoms. The molecule has 0 saturated heterocycles. The molecule has 0 unspecified atom stereocenters. The van der Waals surface area contributed by atoms with Crippen LogP contribution >= 0.6 is 0 Å². The van der Waals surface area contributed by atoms with Gasteiger partial charge in [-0.15, -0.1) is 0 Å². The number of hydrogen-bond acceptors (Lipinski definition) is 2. The van der Waals surface area contributed by atoms with Gasteiger partial charge in [-0.2, -0.15) is 0 Å². The number of esters is 1. The molecule has 0 saturated carbocycles. The van der Waals surface area contributed by atoms with E-state index in [-0.39, 0.29) is 5.97 Å². The van der Waals surface area contributed by atoms with E-state index in [4.69, 9.17) is 4.74 Å². The summed E-state index contributed by atoms with van der Waals surface area (Å²) in [6, 6.07) is 10.4. The molecule has 0 N–H and O–H groups in total. The molecule has 0 amide bonds. The zero-order valence-corrected chi connectivity index (χ0v) is 17.5. The number of rotatable bonds is 7. The molecule has 0 fully saturated rings. The van der Waals surface area contributed by atoms with Crippen molar-refractivity contribution in [3.63, 3.8) is 0 Å². The Morgan fingerprint density at radius 2 is 1.48 bits per heavy atom. The molecule has 2 nitrogen and oxygen atoms in total. The van der Waals surface area contributed by atoms with Gasteiger partial charge in [-0.3, -0.25) is 0 Å². The van der Waals surface area contributed by atoms with Crippen LogP contribution in [-0.2, 0) is 16.0 Å². The Hall–Kier alpha value is -1.61. The molecular formula is C22H32O2Si. The minimum Gasteiger partial charge on any atom is -0.424 e. The van der Waals surface area contributed by atoms with Crippen molar-refractivity contribution in [2.45, 2.75) is 71.0 Å². The van der Waals surface area contributed by atoms with E-state index >= 15 is 0 Å². The predicted molar refractivity (Wildman–Crippen MR) is 108 cm³/mol. The van der Waals surface area contributed by atoms with Crippen LogP contribution in [0.5, 0.6) is 0 Å². The summed E-state index contributed by atoms with van der Waals surface area (Å²) in [6.45, 7) is 14.0. The maximum Gasteiger partial charge on any atom is 0.336 e. The molecule has 0 atom stereocenters. The van der Waals surface area contributed by atoms with Crippen molar-refractivity contribution in [2.24, 2.45) is 0 Å². The number of hydrogen-bond donors (Lipinski definition) is 0. The smallest absolute Gasteiger partial charge is 0.336 e. The van der Waals surface area contributed by atoms with Gasteiger partial charge in [0.15, 0.2) is 0 Å². The lowest BCUT2D eigenvalue weighted by atomic mass is 10.0. The first kappa shape index (κ1) is 19.7. The first-order valence-electron chi connectivity index (χ1n) is 9.46. The Bertz CT molecular complexity index is 632. The molecule has 1 aliphatic rings. The molecule has 1 aromatic rings. The van der Waals surface area contributed by atoms with E-state index in [1.807, 2.05) is 6.07 Å². The Morgan fingerprint density at radius 3 is 2.00 bits per heavy atom. The second-order valence-electron chi connectivity index (χ2n) is 8.05. The highest BCUT2D eigenvalue weighted by Crippen LogP contribution is 2.44. The van der Waals surface area contributed by atoms with E-state index in [2.05, 4.69) is 71.5 Å². The molecule has 0 aromatic heterocycles. The number of ether oxygens (including phenoxy) is 1. The maximum atomic E-state index is 11.9. The third-order valence-electron chi connectivity index (χ3n) is 5.73. The van der Waals surface area contributed by atoms with E-state index in [0.29, 0.717) is 16.6 Å². The first-order valence-corrected chi connectivity index (χ1v) is 11.8. The lowest BCUT2D eigenvalue weighted by Crippen LogP contribution is -2.43. The summed E-state index contributed by atoms with van der Waals surface area (Å²) in [4.78, 5) is 11.9. The number of carbonyl (C=O) groups is 1. The molecule has 0 spiro atoms. The third-order valence-corrected chi connectivity index (χ3v) is 12.5. The molecular weight excluding hydrogens is 324 g/mol. The molecule has 25 heavy (non-hydrogen) atoms. The molecule has 0 bridgehead atoms. The quantitative estimate of drug-likeness (QED) is 0.429. The molecule has 2 rings (SSSR count). The fraction of sp³-hybridized carbons (Fsp3) is 0.500. The van der Waals surface area contributed by atoms with E-state index in [0.717, 1.165) is 24.2 Å². The first-order chi connectivity index (χ1) is 11.8. The number of benzene rings is 1. The van der Waals surface area contributed by atoms with Gasteiger partial charge in [0.1, 0.15) is 5.76 Å². The molecule has 0 radical (unpaired) electrons. The van der Waals surface area contributed by atoms with Gasteiger partial charge in [-0.1, -0.05) is 77.6 Å². The number of carbonyl (C=O) groups excluding carboxylic acids is 1. The van der Waals surface area contributed by atoms with Crippen LogP contribution in [0.15, 0.2) is 53.4 Å². The number of aryl methyl sites for hydroxylation is 1. The third kappa shape index (κ3) is 4.32. The minimum atomic E-state index is -1.75. The Labute approximate surface area is 154 Å². The van der Waals surface area contributed by atoms with Crippen LogP contribution in [0.2, 0.25) is 16.6 Å². The van der Waals surface area contributed by atoms with Gasteiger partial charge in [0.05, 0.1) is 8.07 Å². The van der Waals surface area contributed by atoms with E-state index in [1.165, 1.54) is 5.56 Å². The highest BCUT2D eigenvalue weighted by molar-refractivity contribution is 6.88. The van der Waals surface area contributed by atoms with Crippen LogP contribution in [0, 0.1) is 0 Å². The monoisotopic (exact) mass is 356 g/mol. The summed E-state index contributed by atoms with van der Waals surface area (Å²) < 4.78 is 5.63. The standard InChI is InChI=1S/C22H32O2Si/c1-16(2)25(17(3)4,18(5)6)15-21-20(14-22(23)24-21)13-12-19-10-8-7-9-11-19/h7-11,14-18H,12-13H2,1-6H3/b21-15-. The number of allylic oxidation sites excluding steroid dienone is 1. The second-order valence-corrected chi connectivity index (χ2v) is 13.8. The zero-order valence-electron chi connectivity index (χ0n) is 16.5. The van der Waals surface area contributed by atoms with Crippen molar-refractivity contribution >= 4 is 14.0 Å². The molecule has 1 aromatic carbocycles. The topological polar surface area (TPSA) is 26.3 Å². The normalized spacial score (nSPS) is 16.9. The average molecular weight is 357 g/mol. The summed E-state index contributed by atoms with van der Waals surface area (Å²) in [5, 5.41) is 0. The van der Waals surface area contributed by atoms with Crippen LogP contribution < -0.4 is 0 Å². The molecule has 1 aliphatic heterocycles. The molecule has 136 valence electrons. The van der Waals surface area contributed by atoms with Crippen LogP contribution in [0.3, 0.4) is 0 Å². The van der Waals surface area contributed by atoms with Crippen molar-refractivity contribution in [2.75, 3.05) is 0 Å². The van der Waals surface area contributed by atoms with Gasteiger partial charge >= 0.3 is 5.97 Å². The maximum absolute atomic E-state index is 11.9. The highest BCUT2D eigenvalue weighted by atomic mass is 28.3. The van der Waals surface area contributed by atoms with Crippen molar-refractivity contribution < 1.29 is 9.53 Å². The van der Waals surface area contributed by atoms with Crippen LogP contribution in [0.1, 0.15) is 53.5 Å². The van der Waals surface area contributed by atoms with E-state index in [1.54, 1.807) is 6.08 Å². The van der Waals surface area contributed by atoms with Gasteiger partial charge in [-0.25, -0.2) is 4.79 Å². The molecule has 1 heterocycles. The highest BCUT2D eigenvalue weighted by Gasteiger charge is 2.42. The molecule has 0 aliphatic carbocycles. The fourth-order valence-electron chi connectivity index (χ4n) is 4.39. The second kappa shape index (κ2) is 8.18. The van der Waals surface area contributed by atoms with Crippen molar-refractivity contribution in [1.29, 1.82) is 0 Å². The van der Waals surface area contributed by atoms with Gasteiger partial charge in [0.25, 0.3) is 0 Å². The zero-order chi connectivity index (χ0) is 18.6. The summed E-state index contributed by atoms with van der Waals surface area (Å²) in [5.41, 5.74) is 6.56. The Kier molecular flexibility index (Phi) is 6.45. The van der Waals surface area contributed by atoms with Crippen molar-refractivity contribution in [3.05, 3.63) is 59.0 Å². The van der Waals surface area contributed by atoms with Crippen LogP contribution in [0.4, 0.5) is 0 Å².